The first-order chi connectivity index (χ1) is 10.1. The van der Waals surface area contributed by atoms with Gasteiger partial charge in [-0.1, -0.05) is 30.3 Å². The Balaban J connectivity index is 1.92. The zero-order valence-electron chi connectivity index (χ0n) is 11.2. The van der Waals surface area contributed by atoms with Gasteiger partial charge >= 0.3 is 0 Å². The van der Waals surface area contributed by atoms with Crippen molar-refractivity contribution in [2.45, 2.75) is 6.92 Å². The first-order valence-corrected chi connectivity index (χ1v) is 7.00. The van der Waals surface area contributed by atoms with Crippen molar-refractivity contribution in [1.29, 1.82) is 0 Å². The molecule has 1 aliphatic heterocycles. The Labute approximate surface area is 130 Å². The first-order valence-electron chi connectivity index (χ1n) is 6.21. The molecule has 2 rings (SSSR count). The van der Waals surface area contributed by atoms with E-state index in [0.717, 1.165) is 5.56 Å². The second kappa shape index (κ2) is 6.94. The SMILES string of the molecule is CC1C(=O)NN=C1C(=O)NN=CC(Br)=Cc1ccccc1. The molecule has 0 bridgehead atoms. The highest BCUT2D eigenvalue weighted by atomic mass is 79.9. The van der Waals surface area contributed by atoms with Crippen molar-refractivity contribution in [2.24, 2.45) is 16.1 Å². The molecule has 1 unspecified atom stereocenters. The number of hydrazone groups is 2. The Kier molecular flexibility index (Phi) is 4.99. The minimum absolute atomic E-state index is 0.125. The van der Waals surface area contributed by atoms with E-state index < -0.39 is 11.8 Å². The Morgan fingerprint density at radius 3 is 2.76 bits per heavy atom. The van der Waals surface area contributed by atoms with E-state index in [4.69, 9.17) is 0 Å². The monoisotopic (exact) mass is 348 g/mol. The van der Waals surface area contributed by atoms with E-state index in [9.17, 15) is 9.59 Å². The van der Waals surface area contributed by atoms with Crippen LogP contribution in [-0.4, -0.2) is 23.7 Å². The lowest BCUT2D eigenvalue weighted by molar-refractivity contribution is -0.122. The Bertz CT molecular complexity index is 638. The molecule has 6 nitrogen and oxygen atoms in total. The van der Waals surface area contributed by atoms with Crippen LogP contribution in [0.3, 0.4) is 0 Å². The van der Waals surface area contributed by atoms with Crippen LogP contribution in [-0.2, 0) is 9.59 Å². The molecule has 0 radical (unpaired) electrons. The summed E-state index contributed by atoms with van der Waals surface area (Å²) in [6.45, 7) is 1.61. The van der Waals surface area contributed by atoms with E-state index in [2.05, 4.69) is 37.0 Å². The summed E-state index contributed by atoms with van der Waals surface area (Å²) >= 11 is 3.33. The number of rotatable bonds is 4. The molecule has 1 aromatic rings. The largest absolute Gasteiger partial charge is 0.288 e. The average molecular weight is 349 g/mol. The summed E-state index contributed by atoms with van der Waals surface area (Å²) in [5, 5.41) is 7.48. The minimum atomic E-state index is -0.566. The molecular weight excluding hydrogens is 336 g/mol. The van der Waals surface area contributed by atoms with E-state index in [0.29, 0.717) is 4.48 Å². The van der Waals surface area contributed by atoms with Crippen LogP contribution in [0.4, 0.5) is 0 Å². The summed E-state index contributed by atoms with van der Waals surface area (Å²) in [6, 6.07) is 9.67. The topological polar surface area (TPSA) is 82.9 Å². The second-order valence-electron chi connectivity index (χ2n) is 4.33. The lowest BCUT2D eigenvalue weighted by Gasteiger charge is -2.01. The maximum atomic E-state index is 11.8. The van der Waals surface area contributed by atoms with Gasteiger partial charge in [-0.2, -0.15) is 10.2 Å². The molecule has 1 heterocycles. The van der Waals surface area contributed by atoms with Crippen molar-refractivity contribution in [3.8, 4) is 0 Å². The number of allylic oxidation sites excluding steroid dienone is 1. The molecule has 1 aliphatic rings. The van der Waals surface area contributed by atoms with Gasteiger partial charge < -0.3 is 0 Å². The van der Waals surface area contributed by atoms with Crippen LogP contribution in [0.5, 0.6) is 0 Å². The number of halogens is 1. The number of nitrogens with zero attached hydrogens (tertiary/aromatic N) is 2. The van der Waals surface area contributed by atoms with Gasteiger partial charge in [-0.3, -0.25) is 9.59 Å². The number of benzene rings is 1. The highest BCUT2D eigenvalue weighted by molar-refractivity contribution is 9.12. The molecule has 108 valence electrons. The molecule has 0 aliphatic carbocycles. The number of amides is 2. The standard InChI is InChI=1S/C14H13BrN4O2/c1-9-12(17-19-13(9)20)14(21)18-16-8-11(15)7-10-5-3-2-4-6-10/h2-9H,1H3,(H,18,21)(H,19,20). The number of nitrogens with one attached hydrogen (secondary N) is 2. The third-order valence-electron chi connectivity index (χ3n) is 2.78. The highest BCUT2D eigenvalue weighted by Gasteiger charge is 2.30. The highest BCUT2D eigenvalue weighted by Crippen LogP contribution is 2.10. The van der Waals surface area contributed by atoms with Gasteiger partial charge in [0.1, 0.15) is 5.71 Å². The zero-order chi connectivity index (χ0) is 15.2. The predicted molar refractivity (Wildman–Crippen MR) is 84.7 cm³/mol. The maximum absolute atomic E-state index is 11.8. The van der Waals surface area contributed by atoms with E-state index in [1.165, 1.54) is 6.21 Å². The Morgan fingerprint density at radius 2 is 2.14 bits per heavy atom. The van der Waals surface area contributed by atoms with E-state index >= 15 is 0 Å². The van der Waals surface area contributed by atoms with Crippen molar-refractivity contribution in [1.82, 2.24) is 10.9 Å². The lowest BCUT2D eigenvalue weighted by Crippen LogP contribution is -2.32. The summed E-state index contributed by atoms with van der Waals surface area (Å²) in [5.41, 5.74) is 5.71. The third kappa shape index (κ3) is 4.09. The van der Waals surface area contributed by atoms with Crippen molar-refractivity contribution in [3.63, 3.8) is 0 Å². The fraction of sp³-hybridized carbons (Fsp3) is 0.143. The summed E-state index contributed by atoms with van der Waals surface area (Å²) in [6.07, 6.45) is 3.32. The van der Waals surface area contributed by atoms with Crippen molar-refractivity contribution < 1.29 is 9.59 Å². The van der Waals surface area contributed by atoms with E-state index in [1.54, 1.807) is 6.92 Å². The van der Waals surface area contributed by atoms with Crippen LogP contribution in [0, 0.1) is 5.92 Å². The summed E-state index contributed by atoms with van der Waals surface area (Å²) < 4.78 is 0.699. The minimum Gasteiger partial charge on any atom is -0.272 e. The Hall–Kier alpha value is -2.28. The van der Waals surface area contributed by atoms with Crippen LogP contribution >= 0.6 is 15.9 Å². The number of carbonyl (C=O) groups is 2. The lowest BCUT2D eigenvalue weighted by atomic mass is 10.1. The quantitative estimate of drug-likeness (QED) is 0.640. The molecule has 7 heteroatoms. The van der Waals surface area contributed by atoms with Crippen LogP contribution in [0.1, 0.15) is 12.5 Å². The second-order valence-corrected chi connectivity index (χ2v) is 5.25. The van der Waals surface area contributed by atoms with E-state index in [1.807, 2.05) is 36.4 Å². The molecule has 21 heavy (non-hydrogen) atoms. The van der Waals surface area contributed by atoms with Crippen LogP contribution < -0.4 is 10.9 Å². The summed E-state index contributed by atoms with van der Waals surface area (Å²) in [7, 11) is 0. The van der Waals surface area contributed by atoms with Crippen molar-refractivity contribution in [3.05, 3.63) is 40.4 Å². The van der Waals surface area contributed by atoms with Gasteiger partial charge in [0.2, 0.25) is 5.91 Å². The number of hydrogen-bond donors (Lipinski definition) is 2. The first kappa shape index (κ1) is 15.1. The Morgan fingerprint density at radius 1 is 1.43 bits per heavy atom. The molecule has 0 fully saturated rings. The van der Waals surface area contributed by atoms with Crippen LogP contribution in [0.25, 0.3) is 6.08 Å². The molecule has 2 N–H and O–H groups in total. The molecule has 0 saturated heterocycles. The number of carbonyl (C=O) groups excluding carboxylic acids is 2. The zero-order valence-corrected chi connectivity index (χ0v) is 12.8. The molecule has 0 saturated carbocycles. The van der Waals surface area contributed by atoms with Gasteiger partial charge in [0.15, 0.2) is 0 Å². The smallest absolute Gasteiger partial charge is 0.272 e. The third-order valence-corrected chi connectivity index (χ3v) is 3.21. The maximum Gasteiger partial charge on any atom is 0.288 e. The molecule has 1 atom stereocenters. The molecule has 1 aromatic carbocycles. The predicted octanol–water partition coefficient (Wildman–Crippen LogP) is 1.65. The van der Waals surface area contributed by atoms with Gasteiger partial charge in [0.05, 0.1) is 12.1 Å². The summed E-state index contributed by atoms with van der Waals surface area (Å²) in [4.78, 5) is 23.0. The molecular formula is C14H13BrN4O2. The molecule has 0 aromatic heterocycles. The van der Waals surface area contributed by atoms with Crippen molar-refractivity contribution in [2.75, 3.05) is 0 Å². The average Bonchev–Trinajstić information content (AvgIpc) is 2.80. The normalized spacial score (nSPS) is 18.6. The molecule has 2 amide bonds. The number of hydrogen-bond acceptors (Lipinski definition) is 4. The van der Waals surface area contributed by atoms with E-state index in [-0.39, 0.29) is 11.6 Å². The molecule has 0 spiro atoms. The summed E-state index contributed by atoms with van der Waals surface area (Å²) in [5.74, 6) is -1.37. The van der Waals surface area contributed by atoms with Crippen LogP contribution in [0.15, 0.2) is 45.0 Å². The van der Waals surface area contributed by atoms with Gasteiger partial charge in [-0.15, -0.1) is 0 Å². The van der Waals surface area contributed by atoms with Crippen LogP contribution in [0.2, 0.25) is 0 Å². The fourth-order valence-corrected chi connectivity index (χ4v) is 2.00. The van der Waals surface area contributed by atoms with Gasteiger partial charge in [0.25, 0.3) is 5.91 Å². The van der Waals surface area contributed by atoms with Gasteiger partial charge in [-0.05, 0) is 34.5 Å². The van der Waals surface area contributed by atoms with Gasteiger partial charge in [0, 0.05) is 4.48 Å². The van der Waals surface area contributed by atoms with Gasteiger partial charge in [-0.25, -0.2) is 10.9 Å². The van der Waals surface area contributed by atoms with Crippen molar-refractivity contribution >= 4 is 45.7 Å². The fourth-order valence-electron chi connectivity index (χ4n) is 1.64.